The molecule has 6 heteroatoms. The molecular weight excluding hydrogens is 175 g/mol. The highest BCUT2D eigenvalue weighted by Gasteiger charge is 2.44. The number of alkyl halides is 3. The van der Waals surface area contributed by atoms with Gasteiger partial charge in [0.2, 0.25) is 6.17 Å². The first-order chi connectivity index (χ1) is 5.49. The highest BCUT2D eigenvalue weighted by atomic mass is 19.3. The Bertz CT molecular complexity index is 130. The minimum atomic E-state index is -3.64. The molecule has 0 spiro atoms. The Balaban J connectivity index is 4.23. The molecule has 1 unspecified atom stereocenters. The maximum absolute atomic E-state index is 12.8. The van der Waals surface area contributed by atoms with Crippen LogP contribution >= 0.6 is 0 Å². The Morgan fingerprint density at radius 2 is 1.67 bits per heavy atom. The van der Waals surface area contributed by atoms with Gasteiger partial charge in [0.05, 0.1) is 0 Å². The largest absolute Gasteiger partial charge is 0.353 e. The summed E-state index contributed by atoms with van der Waals surface area (Å²) in [6, 6.07) is -3.64. The number of hydrogen-bond donors (Lipinski definition) is 1. The molecule has 0 bridgehead atoms. The van der Waals surface area contributed by atoms with Gasteiger partial charge in [0.25, 0.3) is 0 Å². The van der Waals surface area contributed by atoms with Gasteiger partial charge in [-0.15, -0.1) is 0 Å². The zero-order valence-corrected chi connectivity index (χ0v) is 7.11. The van der Waals surface area contributed by atoms with Crippen molar-refractivity contribution in [1.82, 2.24) is 5.32 Å². The van der Waals surface area contributed by atoms with Crippen LogP contribution in [0.3, 0.4) is 0 Å². The molecule has 1 N–H and O–H groups in total. The molecule has 0 saturated heterocycles. The molecule has 0 saturated carbocycles. The number of methoxy groups -OCH3 is 2. The molecular formula is C6H12F3NO2. The Labute approximate surface area is 68.8 Å². The van der Waals surface area contributed by atoms with Crippen molar-refractivity contribution in [3.63, 3.8) is 0 Å². The predicted octanol–water partition coefficient (Wildman–Crippen LogP) is 0.756. The van der Waals surface area contributed by atoms with Gasteiger partial charge in [0.1, 0.15) is 0 Å². The van der Waals surface area contributed by atoms with Crippen molar-refractivity contribution in [3.05, 3.63) is 0 Å². The predicted molar refractivity (Wildman–Crippen MR) is 36.7 cm³/mol. The molecule has 0 aromatic rings. The third-order valence-electron chi connectivity index (χ3n) is 1.38. The van der Waals surface area contributed by atoms with Crippen LogP contribution < -0.4 is 5.32 Å². The lowest BCUT2D eigenvalue weighted by molar-refractivity contribution is -0.216. The van der Waals surface area contributed by atoms with E-state index < -0.39 is 18.5 Å². The standard InChI is InChI=1S/C6H12F3NO2/c1-10-6(8,9)4(7)5(11-2)12-3/h4-5,10H,1-3H3. The van der Waals surface area contributed by atoms with E-state index in [4.69, 9.17) is 0 Å². The van der Waals surface area contributed by atoms with E-state index in [1.165, 1.54) is 5.32 Å². The van der Waals surface area contributed by atoms with Crippen molar-refractivity contribution in [2.75, 3.05) is 21.3 Å². The van der Waals surface area contributed by atoms with Crippen LogP contribution in [0.4, 0.5) is 13.2 Å². The van der Waals surface area contributed by atoms with Gasteiger partial charge >= 0.3 is 6.05 Å². The van der Waals surface area contributed by atoms with Crippen LogP contribution in [-0.2, 0) is 9.47 Å². The molecule has 0 heterocycles. The van der Waals surface area contributed by atoms with Crippen molar-refractivity contribution in [2.24, 2.45) is 0 Å². The van der Waals surface area contributed by atoms with Gasteiger partial charge in [-0.3, -0.25) is 5.32 Å². The fourth-order valence-electron chi connectivity index (χ4n) is 0.644. The van der Waals surface area contributed by atoms with Crippen molar-refractivity contribution in [2.45, 2.75) is 18.5 Å². The van der Waals surface area contributed by atoms with Gasteiger partial charge in [0, 0.05) is 14.2 Å². The highest BCUT2D eigenvalue weighted by molar-refractivity contribution is 4.75. The van der Waals surface area contributed by atoms with Crippen molar-refractivity contribution in [1.29, 1.82) is 0 Å². The lowest BCUT2D eigenvalue weighted by atomic mass is 10.3. The molecule has 0 aliphatic heterocycles. The van der Waals surface area contributed by atoms with E-state index >= 15 is 0 Å². The molecule has 1 atom stereocenters. The first kappa shape index (κ1) is 11.7. The summed E-state index contributed by atoms with van der Waals surface area (Å²) in [5, 5.41) is 1.52. The van der Waals surface area contributed by atoms with Crippen LogP contribution in [0.15, 0.2) is 0 Å². The Hall–Kier alpha value is -0.330. The van der Waals surface area contributed by atoms with Gasteiger partial charge in [-0.1, -0.05) is 0 Å². The van der Waals surface area contributed by atoms with Crippen LogP contribution in [0.25, 0.3) is 0 Å². The van der Waals surface area contributed by atoms with E-state index in [2.05, 4.69) is 9.47 Å². The smallest absolute Gasteiger partial charge is 0.338 e. The van der Waals surface area contributed by atoms with E-state index in [-0.39, 0.29) is 0 Å². The second-order valence-electron chi connectivity index (χ2n) is 2.11. The average molecular weight is 187 g/mol. The van der Waals surface area contributed by atoms with Crippen molar-refractivity contribution >= 4 is 0 Å². The van der Waals surface area contributed by atoms with Gasteiger partial charge in [-0.05, 0) is 7.05 Å². The summed E-state index contributed by atoms with van der Waals surface area (Å²) >= 11 is 0. The van der Waals surface area contributed by atoms with Crippen LogP contribution in [0.2, 0.25) is 0 Å². The zero-order chi connectivity index (χ0) is 9.78. The third-order valence-corrected chi connectivity index (χ3v) is 1.38. The quantitative estimate of drug-likeness (QED) is 0.509. The van der Waals surface area contributed by atoms with Crippen LogP contribution in [0.1, 0.15) is 0 Å². The van der Waals surface area contributed by atoms with Gasteiger partial charge in [-0.25, -0.2) is 4.39 Å². The van der Waals surface area contributed by atoms with E-state index in [1.807, 2.05) is 0 Å². The number of nitrogens with one attached hydrogen (secondary N) is 1. The fraction of sp³-hybridized carbons (Fsp3) is 1.00. The van der Waals surface area contributed by atoms with E-state index in [9.17, 15) is 13.2 Å². The summed E-state index contributed by atoms with van der Waals surface area (Å²) in [6.07, 6.45) is -4.09. The van der Waals surface area contributed by atoms with E-state index in [0.717, 1.165) is 21.3 Å². The molecule has 12 heavy (non-hydrogen) atoms. The second-order valence-corrected chi connectivity index (χ2v) is 2.11. The highest BCUT2D eigenvalue weighted by Crippen LogP contribution is 2.22. The van der Waals surface area contributed by atoms with Crippen LogP contribution in [0.5, 0.6) is 0 Å². The third kappa shape index (κ3) is 2.62. The summed E-state index contributed by atoms with van der Waals surface area (Å²) in [7, 11) is 3.13. The number of ether oxygens (including phenoxy) is 2. The number of halogens is 3. The minimum Gasteiger partial charge on any atom is -0.353 e. The lowest BCUT2D eigenvalue weighted by Gasteiger charge is -2.24. The first-order valence-corrected chi connectivity index (χ1v) is 3.26. The molecule has 0 fully saturated rings. The zero-order valence-electron chi connectivity index (χ0n) is 7.11. The molecule has 0 aromatic heterocycles. The van der Waals surface area contributed by atoms with Crippen LogP contribution in [0, 0.1) is 0 Å². The molecule has 0 aliphatic carbocycles. The first-order valence-electron chi connectivity index (χ1n) is 3.26. The Morgan fingerprint density at radius 1 is 1.25 bits per heavy atom. The lowest BCUT2D eigenvalue weighted by Crippen LogP contribution is -2.49. The number of hydrogen-bond acceptors (Lipinski definition) is 3. The number of rotatable bonds is 5. The SMILES string of the molecule is CNC(F)(F)C(F)C(OC)OC. The molecule has 0 aromatic carbocycles. The second kappa shape index (κ2) is 4.64. The van der Waals surface area contributed by atoms with Crippen molar-refractivity contribution < 1.29 is 22.6 Å². The molecule has 0 radical (unpaired) electrons. The summed E-state index contributed by atoms with van der Waals surface area (Å²) in [5.74, 6) is 0. The van der Waals surface area contributed by atoms with Crippen molar-refractivity contribution in [3.8, 4) is 0 Å². The van der Waals surface area contributed by atoms with Gasteiger partial charge < -0.3 is 9.47 Å². The molecule has 3 nitrogen and oxygen atoms in total. The summed E-state index contributed by atoms with van der Waals surface area (Å²) in [4.78, 5) is 0. The van der Waals surface area contributed by atoms with Gasteiger partial charge in [-0.2, -0.15) is 8.78 Å². The van der Waals surface area contributed by atoms with Crippen LogP contribution in [-0.4, -0.2) is 39.8 Å². The molecule has 0 rings (SSSR count). The molecule has 74 valence electrons. The summed E-state index contributed by atoms with van der Waals surface area (Å²) in [6.45, 7) is 0. The van der Waals surface area contributed by atoms with Gasteiger partial charge in [0.15, 0.2) is 6.29 Å². The topological polar surface area (TPSA) is 30.5 Å². The monoisotopic (exact) mass is 187 g/mol. The Morgan fingerprint density at radius 3 is 1.92 bits per heavy atom. The molecule has 0 aliphatic rings. The normalized spacial score (nSPS) is 15.2. The Kier molecular flexibility index (Phi) is 4.51. The fourth-order valence-corrected chi connectivity index (χ4v) is 0.644. The maximum atomic E-state index is 12.8. The maximum Gasteiger partial charge on any atom is 0.338 e. The minimum absolute atomic E-state index is 0.953. The summed E-state index contributed by atoms with van der Waals surface area (Å²) < 4.78 is 46.5. The van der Waals surface area contributed by atoms with E-state index in [0.29, 0.717) is 0 Å². The molecule has 0 amide bonds. The van der Waals surface area contributed by atoms with E-state index in [1.54, 1.807) is 0 Å². The average Bonchev–Trinajstić information content (AvgIpc) is 2.06. The summed E-state index contributed by atoms with van der Waals surface area (Å²) in [5.41, 5.74) is 0.